The number of anilines is 1. The largest absolute Gasteiger partial charge is 0.496 e. The van der Waals surface area contributed by atoms with E-state index in [1.54, 1.807) is 7.11 Å². The number of ether oxygens (including phenoxy) is 2. The van der Waals surface area contributed by atoms with Crippen molar-refractivity contribution >= 4 is 17.4 Å². The van der Waals surface area contributed by atoms with Gasteiger partial charge in [-0.15, -0.1) is 11.8 Å². The molecule has 1 heterocycles. The lowest BCUT2D eigenvalue weighted by Gasteiger charge is -2.23. The fraction of sp³-hybridized carbons (Fsp3) is 0.625. The van der Waals surface area contributed by atoms with Crippen molar-refractivity contribution in [2.45, 2.75) is 55.1 Å². The van der Waals surface area contributed by atoms with Crippen molar-refractivity contribution in [2.75, 3.05) is 18.6 Å². The third-order valence-corrected chi connectivity index (χ3v) is 5.65. The quantitative estimate of drug-likeness (QED) is 0.676. The summed E-state index contributed by atoms with van der Waals surface area (Å²) >= 11 is 1.81. The summed E-state index contributed by atoms with van der Waals surface area (Å²) in [5, 5.41) is 0. The van der Waals surface area contributed by atoms with Crippen molar-refractivity contribution in [1.82, 2.24) is 0 Å². The van der Waals surface area contributed by atoms with Crippen LogP contribution in [-0.4, -0.2) is 24.6 Å². The van der Waals surface area contributed by atoms with Crippen molar-refractivity contribution < 1.29 is 9.47 Å². The molecule has 1 spiro atoms. The first-order valence-corrected chi connectivity index (χ1v) is 8.43. The minimum atomic E-state index is 0.233. The van der Waals surface area contributed by atoms with Crippen LogP contribution < -0.4 is 10.5 Å². The highest BCUT2D eigenvalue weighted by Gasteiger charge is 2.41. The van der Waals surface area contributed by atoms with Gasteiger partial charge in [0.05, 0.1) is 18.8 Å². The Morgan fingerprint density at radius 3 is 2.90 bits per heavy atom. The zero-order valence-corrected chi connectivity index (χ0v) is 12.9. The van der Waals surface area contributed by atoms with Gasteiger partial charge in [-0.3, -0.25) is 0 Å². The molecule has 3 nitrogen and oxygen atoms in total. The summed E-state index contributed by atoms with van der Waals surface area (Å²) in [6.45, 7) is 0. The van der Waals surface area contributed by atoms with Gasteiger partial charge < -0.3 is 15.2 Å². The van der Waals surface area contributed by atoms with Gasteiger partial charge in [0.2, 0.25) is 0 Å². The molecule has 1 aromatic rings. The minimum absolute atomic E-state index is 0.233. The standard InChI is InChI=1S/C16H23NO2S/c1-18-14-10-12(17)4-5-15(14)20-11-13-6-9-16(19-13)7-2-3-8-16/h4-5,10,13H,2-3,6-9,11,17H2,1H3. The summed E-state index contributed by atoms with van der Waals surface area (Å²) in [7, 11) is 1.69. The van der Waals surface area contributed by atoms with Crippen molar-refractivity contribution in [2.24, 2.45) is 0 Å². The van der Waals surface area contributed by atoms with Gasteiger partial charge in [0.25, 0.3) is 0 Å². The molecule has 0 amide bonds. The Kier molecular flexibility index (Phi) is 4.13. The second-order valence-corrected chi connectivity index (χ2v) is 6.95. The molecule has 2 N–H and O–H groups in total. The lowest BCUT2D eigenvalue weighted by molar-refractivity contribution is -0.0267. The van der Waals surface area contributed by atoms with Crippen molar-refractivity contribution in [3.05, 3.63) is 18.2 Å². The number of rotatable bonds is 4. The highest BCUT2D eigenvalue weighted by molar-refractivity contribution is 7.99. The molecule has 0 bridgehead atoms. The zero-order valence-electron chi connectivity index (χ0n) is 12.1. The van der Waals surface area contributed by atoms with Crippen LogP contribution in [-0.2, 0) is 4.74 Å². The molecule has 1 saturated heterocycles. The highest BCUT2D eigenvalue weighted by Crippen LogP contribution is 2.44. The molecule has 1 aliphatic carbocycles. The molecule has 1 saturated carbocycles. The molecule has 4 heteroatoms. The third-order valence-electron chi connectivity index (χ3n) is 4.47. The van der Waals surface area contributed by atoms with Gasteiger partial charge >= 0.3 is 0 Å². The molecule has 3 rings (SSSR count). The van der Waals surface area contributed by atoms with Gasteiger partial charge in [0.1, 0.15) is 5.75 Å². The fourth-order valence-corrected chi connectivity index (χ4v) is 4.44. The Labute approximate surface area is 125 Å². The second-order valence-electron chi connectivity index (χ2n) is 5.89. The summed E-state index contributed by atoms with van der Waals surface area (Å²) in [6.07, 6.45) is 8.04. The number of methoxy groups -OCH3 is 1. The minimum Gasteiger partial charge on any atom is -0.496 e. The van der Waals surface area contributed by atoms with Gasteiger partial charge in [0.15, 0.2) is 0 Å². The van der Waals surface area contributed by atoms with Gasteiger partial charge in [0, 0.05) is 22.4 Å². The van der Waals surface area contributed by atoms with Crippen LogP contribution in [0.15, 0.2) is 23.1 Å². The van der Waals surface area contributed by atoms with E-state index in [9.17, 15) is 0 Å². The molecule has 20 heavy (non-hydrogen) atoms. The topological polar surface area (TPSA) is 44.5 Å². The monoisotopic (exact) mass is 293 g/mol. The van der Waals surface area contributed by atoms with Gasteiger partial charge in [-0.25, -0.2) is 0 Å². The molecule has 1 atom stereocenters. The van der Waals surface area contributed by atoms with Crippen LogP contribution >= 0.6 is 11.8 Å². The molecule has 2 fully saturated rings. The Hall–Kier alpha value is -0.870. The second kappa shape index (κ2) is 5.86. The average molecular weight is 293 g/mol. The van der Waals surface area contributed by atoms with E-state index in [-0.39, 0.29) is 5.60 Å². The normalized spacial score (nSPS) is 24.4. The summed E-state index contributed by atoms with van der Waals surface area (Å²) < 4.78 is 11.7. The van der Waals surface area contributed by atoms with Crippen LogP contribution in [0.5, 0.6) is 5.75 Å². The van der Waals surface area contributed by atoms with Crippen LogP contribution in [0.4, 0.5) is 5.69 Å². The molecule has 2 aliphatic rings. The first kappa shape index (κ1) is 14.1. The lowest BCUT2D eigenvalue weighted by atomic mass is 9.98. The van der Waals surface area contributed by atoms with E-state index in [4.69, 9.17) is 15.2 Å². The van der Waals surface area contributed by atoms with Gasteiger partial charge in [-0.2, -0.15) is 0 Å². The van der Waals surface area contributed by atoms with Crippen LogP contribution in [0.25, 0.3) is 0 Å². The van der Waals surface area contributed by atoms with E-state index >= 15 is 0 Å². The maximum Gasteiger partial charge on any atom is 0.134 e. The number of hydrogen-bond acceptors (Lipinski definition) is 4. The summed E-state index contributed by atoms with van der Waals surface area (Å²) in [6, 6.07) is 5.86. The van der Waals surface area contributed by atoms with E-state index in [0.29, 0.717) is 6.10 Å². The van der Waals surface area contributed by atoms with E-state index < -0.39 is 0 Å². The average Bonchev–Trinajstić information content (AvgIpc) is 3.08. The smallest absolute Gasteiger partial charge is 0.134 e. The zero-order chi connectivity index (χ0) is 14.0. The first-order valence-electron chi connectivity index (χ1n) is 7.45. The Bertz CT molecular complexity index is 472. The van der Waals surface area contributed by atoms with Crippen molar-refractivity contribution in [3.8, 4) is 5.75 Å². The summed E-state index contributed by atoms with van der Waals surface area (Å²) in [5.41, 5.74) is 6.76. The number of thioether (sulfide) groups is 1. The SMILES string of the molecule is COc1cc(N)ccc1SCC1CCC2(CCCC2)O1. The summed E-state index contributed by atoms with van der Waals surface area (Å²) in [5.74, 6) is 1.87. The third kappa shape index (κ3) is 2.91. The van der Waals surface area contributed by atoms with E-state index in [1.807, 2.05) is 30.0 Å². The molecule has 1 aliphatic heterocycles. The lowest BCUT2D eigenvalue weighted by Crippen LogP contribution is -2.25. The molecular formula is C16H23NO2S. The van der Waals surface area contributed by atoms with Crippen LogP contribution in [0, 0.1) is 0 Å². The summed E-state index contributed by atoms with van der Waals surface area (Å²) in [4.78, 5) is 1.15. The predicted octanol–water partition coefficient (Wildman–Crippen LogP) is 3.86. The molecular weight excluding hydrogens is 270 g/mol. The van der Waals surface area contributed by atoms with Gasteiger partial charge in [-0.1, -0.05) is 12.8 Å². The maximum absolute atomic E-state index is 6.34. The molecule has 110 valence electrons. The van der Waals surface area contributed by atoms with Crippen LogP contribution in [0.1, 0.15) is 38.5 Å². The number of nitrogen functional groups attached to an aromatic ring is 1. The highest BCUT2D eigenvalue weighted by atomic mass is 32.2. The van der Waals surface area contributed by atoms with Crippen molar-refractivity contribution in [3.63, 3.8) is 0 Å². The Morgan fingerprint density at radius 1 is 1.35 bits per heavy atom. The fourth-order valence-electron chi connectivity index (χ4n) is 3.39. The maximum atomic E-state index is 6.34. The molecule has 1 unspecified atom stereocenters. The van der Waals surface area contributed by atoms with E-state index in [0.717, 1.165) is 22.1 Å². The Morgan fingerprint density at radius 2 is 2.15 bits per heavy atom. The van der Waals surface area contributed by atoms with E-state index in [1.165, 1.54) is 38.5 Å². The predicted molar refractivity (Wildman–Crippen MR) is 83.4 cm³/mol. The van der Waals surface area contributed by atoms with Crippen molar-refractivity contribution in [1.29, 1.82) is 0 Å². The molecule has 1 aromatic carbocycles. The van der Waals surface area contributed by atoms with Gasteiger partial charge in [-0.05, 0) is 37.8 Å². The molecule has 0 aromatic heterocycles. The Balaban J connectivity index is 1.57. The van der Waals surface area contributed by atoms with Crippen LogP contribution in [0.3, 0.4) is 0 Å². The van der Waals surface area contributed by atoms with E-state index in [2.05, 4.69) is 0 Å². The molecule has 0 radical (unpaired) electrons. The number of nitrogens with two attached hydrogens (primary N) is 1. The first-order chi connectivity index (χ1) is 9.71. The number of benzene rings is 1. The van der Waals surface area contributed by atoms with Crippen LogP contribution in [0.2, 0.25) is 0 Å². The number of hydrogen-bond donors (Lipinski definition) is 1.